The summed E-state index contributed by atoms with van der Waals surface area (Å²) < 4.78 is 14.4. The predicted octanol–water partition coefficient (Wildman–Crippen LogP) is 1.47. The molecule has 1 aromatic carbocycles. The molecule has 0 saturated heterocycles. The van der Waals surface area contributed by atoms with Crippen molar-refractivity contribution in [3.05, 3.63) is 42.2 Å². The van der Waals surface area contributed by atoms with Gasteiger partial charge in [0.2, 0.25) is 0 Å². The Balaban J connectivity index is 2.45. The highest BCUT2D eigenvalue weighted by Gasteiger charge is 2.06. The van der Waals surface area contributed by atoms with Crippen molar-refractivity contribution in [1.82, 2.24) is 14.8 Å². The summed E-state index contributed by atoms with van der Waals surface area (Å²) in [5, 5.41) is 12.5. The molecule has 0 aliphatic heterocycles. The molecule has 0 spiro atoms. The molecular formula is C10H7FN4. The minimum atomic E-state index is -0.342. The molecule has 0 fully saturated rings. The standard InChI is InChI=1S/C10H7FN4/c11-8-2-1-3-9(6-8)15-10(4-5-12)13-7-14-15/h1-3,6-7H,4H2. The molecule has 2 aromatic rings. The molecule has 0 atom stereocenters. The van der Waals surface area contributed by atoms with Gasteiger partial charge in [-0.15, -0.1) is 0 Å². The van der Waals surface area contributed by atoms with Crippen molar-refractivity contribution in [1.29, 1.82) is 5.26 Å². The quantitative estimate of drug-likeness (QED) is 0.741. The van der Waals surface area contributed by atoms with E-state index >= 15 is 0 Å². The predicted molar refractivity (Wildman–Crippen MR) is 50.6 cm³/mol. The Bertz CT molecular complexity index is 512. The maximum absolute atomic E-state index is 13.0. The van der Waals surface area contributed by atoms with Crippen LogP contribution in [0.3, 0.4) is 0 Å². The summed E-state index contributed by atoms with van der Waals surface area (Å²) in [7, 11) is 0. The Morgan fingerprint density at radius 2 is 2.33 bits per heavy atom. The van der Waals surface area contributed by atoms with Crippen LogP contribution in [0.1, 0.15) is 5.82 Å². The van der Waals surface area contributed by atoms with Gasteiger partial charge in [-0.05, 0) is 18.2 Å². The SMILES string of the molecule is N#CCc1ncnn1-c1cccc(F)c1. The molecule has 0 saturated carbocycles. The van der Waals surface area contributed by atoms with E-state index in [1.54, 1.807) is 12.1 Å². The van der Waals surface area contributed by atoms with Crippen LogP contribution in [0.15, 0.2) is 30.6 Å². The third kappa shape index (κ3) is 1.83. The molecule has 2 rings (SSSR count). The van der Waals surface area contributed by atoms with Crippen molar-refractivity contribution < 1.29 is 4.39 Å². The zero-order valence-corrected chi connectivity index (χ0v) is 7.76. The second kappa shape index (κ2) is 3.88. The van der Waals surface area contributed by atoms with E-state index in [4.69, 9.17) is 5.26 Å². The molecule has 0 amide bonds. The molecule has 15 heavy (non-hydrogen) atoms. The number of nitrogens with zero attached hydrogens (tertiary/aromatic N) is 4. The molecule has 1 heterocycles. The second-order valence-corrected chi connectivity index (χ2v) is 2.90. The molecule has 4 nitrogen and oxygen atoms in total. The molecule has 5 heteroatoms. The Kier molecular flexibility index (Phi) is 2.42. The Labute approximate surface area is 85.6 Å². The minimum absolute atomic E-state index is 0.149. The molecule has 0 bridgehead atoms. The van der Waals surface area contributed by atoms with E-state index in [9.17, 15) is 4.39 Å². The van der Waals surface area contributed by atoms with E-state index in [-0.39, 0.29) is 12.2 Å². The molecule has 0 aliphatic rings. The summed E-state index contributed by atoms with van der Waals surface area (Å²) in [5.41, 5.74) is 0.567. The third-order valence-corrected chi connectivity index (χ3v) is 1.91. The molecule has 0 radical (unpaired) electrons. The fourth-order valence-electron chi connectivity index (χ4n) is 1.28. The van der Waals surface area contributed by atoms with Gasteiger partial charge in [-0.25, -0.2) is 14.1 Å². The van der Waals surface area contributed by atoms with E-state index in [2.05, 4.69) is 10.1 Å². The summed E-state index contributed by atoms with van der Waals surface area (Å²) in [6, 6.07) is 7.96. The maximum atomic E-state index is 13.0. The van der Waals surface area contributed by atoms with Crippen LogP contribution in [0.2, 0.25) is 0 Å². The smallest absolute Gasteiger partial charge is 0.146 e. The van der Waals surface area contributed by atoms with Crippen molar-refractivity contribution >= 4 is 0 Å². The first-order valence-electron chi connectivity index (χ1n) is 4.33. The van der Waals surface area contributed by atoms with Crippen molar-refractivity contribution in [2.45, 2.75) is 6.42 Å². The van der Waals surface area contributed by atoms with E-state index in [1.807, 2.05) is 6.07 Å². The Hall–Kier alpha value is -2.22. The average Bonchev–Trinajstić information content (AvgIpc) is 2.66. The van der Waals surface area contributed by atoms with Crippen molar-refractivity contribution in [3.63, 3.8) is 0 Å². The van der Waals surface area contributed by atoms with Gasteiger partial charge in [0.25, 0.3) is 0 Å². The lowest BCUT2D eigenvalue weighted by Gasteiger charge is -2.02. The van der Waals surface area contributed by atoms with Crippen molar-refractivity contribution in [2.75, 3.05) is 0 Å². The van der Waals surface area contributed by atoms with E-state index in [0.717, 1.165) is 0 Å². The van der Waals surface area contributed by atoms with Gasteiger partial charge in [-0.1, -0.05) is 6.07 Å². The Morgan fingerprint density at radius 3 is 3.07 bits per heavy atom. The van der Waals surface area contributed by atoms with E-state index in [1.165, 1.54) is 23.1 Å². The highest BCUT2D eigenvalue weighted by Crippen LogP contribution is 2.10. The third-order valence-electron chi connectivity index (χ3n) is 1.91. The van der Waals surface area contributed by atoms with Gasteiger partial charge in [-0.3, -0.25) is 0 Å². The number of hydrogen-bond donors (Lipinski definition) is 0. The summed E-state index contributed by atoms with van der Waals surface area (Å²) in [6.45, 7) is 0. The number of hydrogen-bond acceptors (Lipinski definition) is 3. The lowest BCUT2D eigenvalue weighted by atomic mass is 10.3. The van der Waals surface area contributed by atoms with Gasteiger partial charge >= 0.3 is 0 Å². The van der Waals surface area contributed by atoms with Gasteiger partial charge in [0.15, 0.2) is 0 Å². The zero-order chi connectivity index (χ0) is 10.7. The summed E-state index contributed by atoms with van der Waals surface area (Å²) in [6.07, 6.45) is 1.49. The average molecular weight is 202 g/mol. The zero-order valence-electron chi connectivity index (χ0n) is 7.76. The molecule has 0 aliphatic carbocycles. The van der Waals surface area contributed by atoms with Gasteiger partial charge < -0.3 is 0 Å². The van der Waals surface area contributed by atoms with Crippen molar-refractivity contribution in [3.8, 4) is 11.8 Å². The molecule has 0 unspecified atom stereocenters. The van der Waals surface area contributed by atoms with Crippen LogP contribution >= 0.6 is 0 Å². The molecule has 1 aromatic heterocycles. The largest absolute Gasteiger partial charge is 0.218 e. The molecular weight excluding hydrogens is 195 g/mol. The van der Waals surface area contributed by atoms with Crippen molar-refractivity contribution in [2.24, 2.45) is 0 Å². The van der Waals surface area contributed by atoms with E-state index in [0.29, 0.717) is 11.5 Å². The van der Waals surface area contributed by atoms with Gasteiger partial charge in [0, 0.05) is 0 Å². The summed E-state index contributed by atoms with van der Waals surface area (Å²) in [5.74, 6) is 0.161. The highest BCUT2D eigenvalue weighted by atomic mass is 19.1. The van der Waals surface area contributed by atoms with Crippen LogP contribution in [-0.2, 0) is 6.42 Å². The number of nitriles is 1. The first-order valence-corrected chi connectivity index (χ1v) is 4.33. The second-order valence-electron chi connectivity index (χ2n) is 2.90. The number of aromatic nitrogens is 3. The van der Waals surface area contributed by atoms with Gasteiger partial charge in [0.05, 0.1) is 18.2 Å². The van der Waals surface area contributed by atoms with Crippen LogP contribution in [0.25, 0.3) is 5.69 Å². The molecule has 0 N–H and O–H groups in total. The first kappa shape index (κ1) is 9.34. The Morgan fingerprint density at radius 1 is 1.47 bits per heavy atom. The van der Waals surface area contributed by atoms with Gasteiger partial charge in [-0.2, -0.15) is 10.4 Å². The van der Waals surface area contributed by atoms with Crippen LogP contribution in [0.5, 0.6) is 0 Å². The van der Waals surface area contributed by atoms with Gasteiger partial charge in [0.1, 0.15) is 18.0 Å². The topological polar surface area (TPSA) is 54.5 Å². The monoisotopic (exact) mass is 202 g/mol. The number of rotatable bonds is 2. The maximum Gasteiger partial charge on any atom is 0.146 e. The van der Waals surface area contributed by atoms with Crippen LogP contribution < -0.4 is 0 Å². The van der Waals surface area contributed by atoms with Crippen LogP contribution in [0, 0.1) is 17.1 Å². The lowest BCUT2D eigenvalue weighted by molar-refractivity contribution is 0.625. The minimum Gasteiger partial charge on any atom is -0.218 e. The number of halogens is 1. The number of benzene rings is 1. The van der Waals surface area contributed by atoms with E-state index < -0.39 is 0 Å². The highest BCUT2D eigenvalue weighted by molar-refractivity contribution is 5.32. The van der Waals surface area contributed by atoms with Crippen LogP contribution in [-0.4, -0.2) is 14.8 Å². The fourth-order valence-corrected chi connectivity index (χ4v) is 1.28. The van der Waals surface area contributed by atoms with Crippen LogP contribution in [0.4, 0.5) is 4.39 Å². The normalized spacial score (nSPS) is 9.87. The molecule has 74 valence electrons. The fraction of sp³-hybridized carbons (Fsp3) is 0.100. The first-order chi connectivity index (χ1) is 7.31. The summed E-state index contributed by atoms with van der Waals surface area (Å²) in [4.78, 5) is 3.92. The summed E-state index contributed by atoms with van der Waals surface area (Å²) >= 11 is 0. The lowest BCUT2D eigenvalue weighted by Crippen LogP contribution is -2.02.